The molecule has 0 aromatic heterocycles. The van der Waals surface area contributed by atoms with Crippen LogP contribution >= 0.6 is 0 Å². The molecule has 0 spiro atoms. The van der Waals surface area contributed by atoms with Gasteiger partial charge in [-0.25, -0.2) is 0 Å². The van der Waals surface area contributed by atoms with E-state index < -0.39 is 35.6 Å². The molecular weight excluding hydrogens is 274 g/mol. The molecule has 1 aliphatic rings. The van der Waals surface area contributed by atoms with Crippen molar-refractivity contribution in [2.45, 2.75) is 78.0 Å². The molecule has 0 aromatic rings. The van der Waals surface area contributed by atoms with Crippen LogP contribution in [0.15, 0.2) is 0 Å². The lowest BCUT2D eigenvalue weighted by molar-refractivity contribution is -0.215. The van der Waals surface area contributed by atoms with Gasteiger partial charge in [0.25, 0.3) is 0 Å². The van der Waals surface area contributed by atoms with E-state index in [1.165, 1.54) is 14.3 Å². The molecule has 0 bridgehead atoms. The summed E-state index contributed by atoms with van der Waals surface area (Å²) >= 11 is 0. The topological polar surface area (TPSA) is 76.9 Å². The predicted octanol–water partition coefficient (Wildman–Crippen LogP) is 0.994. The third-order valence-corrected chi connectivity index (χ3v) is 4.16. The number of hydrogen-bond donors (Lipinski definition) is 0. The molecule has 1 aliphatic heterocycles. The van der Waals surface area contributed by atoms with Gasteiger partial charge in [-0.05, 0) is 27.7 Å². The highest BCUT2D eigenvalue weighted by Gasteiger charge is 2.58. The Morgan fingerprint density at radius 2 is 1.71 bits per heavy atom. The summed E-state index contributed by atoms with van der Waals surface area (Å²) in [6, 6.07) is 0. The Hall–Kier alpha value is -0.560. The number of ether oxygens (including phenoxy) is 1. The van der Waals surface area contributed by atoms with Crippen molar-refractivity contribution in [1.82, 2.24) is 0 Å². The van der Waals surface area contributed by atoms with Gasteiger partial charge in [0, 0.05) is 27.7 Å². The molecule has 0 saturated carbocycles. The molecule has 8 heteroatoms. The van der Waals surface area contributed by atoms with Gasteiger partial charge in [-0.15, -0.1) is 0 Å². The zero-order chi connectivity index (χ0) is 16.7. The zero-order valence-electron chi connectivity index (χ0n) is 14.2. The van der Waals surface area contributed by atoms with Gasteiger partial charge in [-0.1, -0.05) is 0 Å². The van der Waals surface area contributed by atoms with Gasteiger partial charge in [0.2, 0.25) is 5.79 Å². The van der Waals surface area contributed by atoms with Gasteiger partial charge in [0.05, 0.1) is 0 Å². The highest BCUT2D eigenvalue weighted by atomic mass is 16.8. The number of carbonyl (C=O) groups is 1. The van der Waals surface area contributed by atoms with Crippen LogP contribution in [0.1, 0.15) is 55.4 Å². The second kappa shape index (κ2) is 5.57. The summed E-state index contributed by atoms with van der Waals surface area (Å²) in [5.74, 6) is -1.63. The largest absolute Gasteiger partial charge is 0.442 e. The Morgan fingerprint density at radius 1 is 1.19 bits per heavy atom. The normalized spacial score (nSPS) is 25.9. The van der Waals surface area contributed by atoms with E-state index in [0.29, 0.717) is 0 Å². The molecule has 1 fully saturated rings. The van der Waals surface area contributed by atoms with E-state index >= 15 is 0 Å². The van der Waals surface area contributed by atoms with E-state index in [0.717, 1.165) is 0 Å². The van der Waals surface area contributed by atoms with E-state index in [4.69, 9.17) is 23.8 Å². The van der Waals surface area contributed by atoms with Crippen molar-refractivity contribution in [3.05, 3.63) is 0 Å². The molecule has 21 heavy (non-hydrogen) atoms. The first kappa shape index (κ1) is 18.5. The van der Waals surface area contributed by atoms with Crippen molar-refractivity contribution < 1.29 is 28.6 Å². The maximum absolute atomic E-state index is 11.2. The summed E-state index contributed by atoms with van der Waals surface area (Å²) in [6.45, 7) is 13.7. The summed E-state index contributed by atoms with van der Waals surface area (Å²) in [5.41, 5.74) is -2.33. The van der Waals surface area contributed by atoms with Crippen LogP contribution in [0.4, 0.5) is 0 Å². The predicted molar refractivity (Wildman–Crippen MR) is 80.8 cm³/mol. The smallest absolute Gasteiger partial charge is 0.439 e. The number of esters is 1. The molecule has 6 nitrogen and oxygen atoms in total. The molecule has 1 radical (unpaired) electrons. The van der Waals surface area contributed by atoms with Crippen molar-refractivity contribution >= 4 is 20.4 Å². The fourth-order valence-corrected chi connectivity index (χ4v) is 1.63. The average molecular weight is 300 g/mol. The molecule has 1 rings (SSSR count). The van der Waals surface area contributed by atoms with E-state index in [-0.39, 0.29) is 0 Å². The molecule has 1 unspecified atom stereocenters. The van der Waals surface area contributed by atoms with Crippen LogP contribution in [0.5, 0.6) is 0 Å². The third-order valence-electron chi connectivity index (χ3n) is 4.16. The molecule has 0 aromatic carbocycles. The summed E-state index contributed by atoms with van der Waals surface area (Å²) in [5, 5.41) is 8.06. The maximum atomic E-state index is 11.2. The van der Waals surface area contributed by atoms with Crippen molar-refractivity contribution in [2.75, 3.05) is 0 Å². The van der Waals surface area contributed by atoms with Crippen molar-refractivity contribution in [2.24, 2.45) is 0 Å². The van der Waals surface area contributed by atoms with Gasteiger partial charge in [-0.2, -0.15) is 0 Å². The zero-order valence-corrected chi connectivity index (χ0v) is 14.2. The Balaban J connectivity index is 2.71. The standard InChI is InChI=1S/C13H25B2O6/c1-9(16)18-13(8)12(6,7)20-15(21-13)14-19-11(4,5)10(2,3)17/h17H,1-8H3/p+1. The van der Waals surface area contributed by atoms with Gasteiger partial charge >= 0.3 is 20.4 Å². The second-order valence-electron chi connectivity index (χ2n) is 7.04. The van der Waals surface area contributed by atoms with Crippen LogP contribution in [0.2, 0.25) is 0 Å². The number of hydrogen-bond acceptors (Lipinski definition) is 5. The molecule has 1 heterocycles. The third kappa shape index (κ3) is 4.00. The number of rotatable bonds is 5. The maximum Gasteiger partial charge on any atom is 0.442 e. The van der Waals surface area contributed by atoms with Gasteiger partial charge in [0.15, 0.2) is 5.60 Å². The van der Waals surface area contributed by atoms with Crippen molar-refractivity contribution in [1.29, 1.82) is 0 Å². The van der Waals surface area contributed by atoms with E-state index in [9.17, 15) is 4.79 Å². The van der Waals surface area contributed by atoms with Crippen LogP contribution < -0.4 is 0 Å². The second-order valence-corrected chi connectivity index (χ2v) is 7.04. The van der Waals surface area contributed by atoms with Gasteiger partial charge in [0.1, 0.15) is 11.2 Å². The highest BCUT2D eigenvalue weighted by molar-refractivity contribution is 7.03. The first-order valence-corrected chi connectivity index (χ1v) is 7.02. The van der Waals surface area contributed by atoms with Gasteiger partial charge < -0.3 is 23.8 Å². The van der Waals surface area contributed by atoms with Crippen molar-refractivity contribution in [3.63, 3.8) is 0 Å². The SMILES string of the molecule is CC(=O)OC1(C)OB([B]OC(C)(C)C(C)(C)[OH2+])OC1(C)C. The molecule has 2 N–H and O–H groups in total. The minimum atomic E-state index is -1.19. The Bertz CT molecular complexity index is 404. The molecule has 1 saturated heterocycles. The summed E-state index contributed by atoms with van der Waals surface area (Å²) in [4.78, 5) is 11.2. The minimum Gasteiger partial charge on any atom is -0.439 e. The Morgan fingerprint density at radius 3 is 2.14 bits per heavy atom. The highest BCUT2D eigenvalue weighted by Crippen LogP contribution is 2.38. The molecule has 1 atom stereocenters. The summed E-state index contributed by atoms with van der Waals surface area (Å²) in [7, 11) is 0.637. The van der Waals surface area contributed by atoms with Crippen LogP contribution in [0, 0.1) is 0 Å². The van der Waals surface area contributed by atoms with Gasteiger partial charge in [-0.3, -0.25) is 4.79 Å². The lowest BCUT2D eigenvalue weighted by atomic mass is 9.55. The monoisotopic (exact) mass is 300 g/mol. The van der Waals surface area contributed by atoms with E-state index in [2.05, 4.69) is 0 Å². The van der Waals surface area contributed by atoms with Crippen LogP contribution in [0.25, 0.3) is 0 Å². The minimum absolute atomic E-state index is 0.441. The molecule has 0 aliphatic carbocycles. The quantitative estimate of drug-likeness (QED) is 0.430. The average Bonchev–Trinajstić information content (AvgIpc) is 2.43. The van der Waals surface area contributed by atoms with E-state index in [1.807, 2.05) is 13.8 Å². The summed E-state index contributed by atoms with van der Waals surface area (Å²) < 4.78 is 22.3. The fraction of sp³-hybridized carbons (Fsp3) is 0.923. The van der Waals surface area contributed by atoms with Crippen LogP contribution in [-0.2, 0) is 23.5 Å². The lowest BCUT2D eigenvalue weighted by Crippen LogP contribution is -2.50. The lowest BCUT2D eigenvalue weighted by Gasteiger charge is -2.34. The van der Waals surface area contributed by atoms with Crippen LogP contribution in [-0.4, -0.2) is 48.0 Å². The molecule has 0 amide bonds. The molecule has 119 valence electrons. The van der Waals surface area contributed by atoms with Crippen LogP contribution in [0.3, 0.4) is 0 Å². The fourth-order valence-electron chi connectivity index (χ4n) is 1.63. The van der Waals surface area contributed by atoms with E-state index in [1.54, 1.807) is 34.6 Å². The van der Waals surface area contributed by atoms with Crippen molar-refractivity contribution in [3.8, 4) is 0 Å². The molecular formula is C13H26B2O6+. The summed E-state index contributed by atoms with van der Waals surface area (Å²) in [6.07, 6.45) is 0. The Labute approximate surface area is 127 Å². The number of carbonyl (C=O) groups excluding carboxylic acids is 1. The Kier molecular flexibility index (Phi) is 4.91. The first-order chi connectivity index (χ1) is 9.20. The first-order valence-electron chi connectivity index (χ1n) is 7.02.